The minimum Gasteiger partial charge on any atom is -0.492 e. The van der Waals surface area contributed by atoms with Crippen LogP contribution in [0.2, 0.25) is 0 Å². The Morgan fingerprint density at radius 2 is 1.75 bits per heavy atom. The van der Waals surface area contributed by atoms with Crippen LogP contribution < -0.4 is 14.4 Å². The van der Waals surface area contributed by atoms with E-state index in [1.165, 1.54) is 5.56 Å². The minimum absolute atomic E-state index is 0.270. The van der Waals surface area contributed by atoms with E-state index in [1.807, 2.05) is 51.1 Å². The number of aryl methyl sites for hydroxylation is 3. The summed E-state index contributed by atoms with van der Waals surface area (Å²) in [5.74, 6) is 0.361. The van der Waals surface area contributed by atoms with Gasteiger partial charge in [0, 0.05) is 0 Å². The number of anilines is 1. The summed E-state index contributed by atoms with van der Waals surface area (Å²) in [6.45, 7) is 6.39. The van der Waals surface area contributed by atoms with Crippen LogP contribution in [0.15, 0.2) is 42.5 Å². The summed E-state index contributed by atoms with van der Waals surface area (Å²) in [4.78, 5) is 12.2. The number of hydrogen-bond acceptors (Lipinski definition) is 4. The molecule has 0 unspecified atom stereocenters. The third kappa shape index (κ3) is 6.27. The highest BCUT2D eigenvalue weighted by Gasteiger charge is 2.20. The van der Waals surface area contributed by atoms with E-state index in [9.17, 15) is 13.2 Å². The quantitative estimate of drug-likeness (QED) is 0.652. The Morgan fingerprint density at radius 1 is 1.07 bits per heavy atom. The molecule has 0 atom stereocenters. The van der Waals surface area contributed by atoms with E-state index >= 15 is 0 Å². The van der Waals surface area contributed by atoms with Gasteiger partial charge in [0.25, 0.3) is 0 Å². The van der Waals surface area contributed by atoms with Gasteiger partial charge in [0.1, 0.15) is 18.9 Å². The monoisotopic (exact) mass is 404 g/mol. The Bertz CT molecular complexity index is 909. The Morgan fingerprint density at radius 3 is 2.32 bits per heavy atom. The van der Waals surface area contributed by atoms with Crippen LogP contribution in [0.4, 0.5) is 5.69 Å². The molecule has 7 heteroatoms. The van der Waals surface area contributed by atoms with Crippen molar-refractivity contribution in [1.29, 1.82) is 0 Å². The van der Waals surface area contributed by atoms with Crippen LogP contribution in [0.5, 0.6) is 5.75 Å². The van der Waals surface area contributed by atoms with Crippen LogP contribution in [0, 0.1) is 13.8 Å². The molecule has 0 spiro atoms. The highest BCUT2D eigenvalue weighted by molar-refractivity contribution is 7.92. The van der Waals surface area contributed by atoms with Gasteiger partial charge in [0.15, 0.2) is 0 Å². The zero-order valence-electron chi connectivity index (χ0n) is 16.9. The number of benzene rings is 2. The van der Waals surface area contributed by atoms with Gasteiger partial charge in [-0.05, 0) is 61.2 Å². The number of sulfonamides is 1. The second-order valence-electron chi connectivity index (χ2n) is 6.73. The summed E-state index contributed by atoms with van der Waals surface area (Å²) in [5, 5.41) is 2.70. The van der Waals surface area contributed by atoms with Crippen molar-refractivity contribution in [2.75, 3.05) is 30.3 Å². The topological polar surface area (TPSA) is 75.7 Å². The van der Waals surface area contributed by atoms with Crippen molar-refractivity contribution in [3.8, 4) is 5.75 Å². The normalized spacial score (nSPS) is 11.1. The van der Waals surface area contributed by atoms with Crippen molar-refractivity contribution in [2.24, 2.45) is 0 Å². The summed E-state index contributed by atoms with van der Waals surface area (Å²) in [6.07, 6.45) is 1.96. The molecule has 0 radical (unpaired) electrons. The first kappa shape index (κ1) is 21.8. The molecular formula is C21H28N2O4S. The number of ether oxygens (including phenoxy) is 1. The van der Waals surface area contributed by atoms with Gasteiger partial charge in [-0.3, -0.25) is 9.10 Å². The number of rotatable bonds is 9. The molecule has 0 fully saturated rings. The molecule has 0 aliphatic heterocycles. The zero-order chi connectivity index (χ0) is 20.7. The molecule has 2 aromatic carbocycles. The van der Waals surface area contributed by atoms with Gasteiger partial charge < -0.3 is 10.1 Å². The third-order valence-corrected chi connectivity index (χ3v) is 5.63. The third-order valence-electron chi connectivity index (χ3n) is 4.49. The minimum atomic E-state index is -3.57. The van der Waals surface area contributed by atoms with Crippen LogP contribution in [-0.2, 0) is 21.2 Å². The number of hydrogen-bond donors (Lipinski definition) is 1. The van der Waals surface area contributed by atoms with Gasteiger partial charge >= 0.3 is 0 Å². The molecule has 0 aromatic heterocycles. The molecule has 0 saturated carbocycles. The van der Waals surface area contributed by atoms with Crippen molar-refractivity contribution >= 4 is 21.6 Å². The summed E-state index contributed by atoms with van der Waals surface area (Å²) < 4.78 is 31.0. The molecule has 152 valence electrons. The van der Waals surface area contributed by atoms with E-state index in [2.05, 4.69) is 5.32 Å². The molecule has 0 saturated heterocycles. The predicted octanol–water partition coefficient (Wildman–Crippen LogP) is 2.83. The second kappa shape index (κ2) is 9.59. The first-order valence-electron chi connectivity index (χ1n) is 9.24. The van der Waals surface area contributed by atoms with Crippen LogP contribution in [0.1, 0.15) is 23.6 Å². The van der Waals surface area contributed by atoms with Gasteiger partial charge in [0.05, 0.1) is 18.5 Å². The van der Waals surface area contributed by atoms with Crippen LogP contribution in [-0.4, -0.2) is 40.3 Å². The molecule has 2 aromatic rings. The molecule has 1 N–H and O–H groups in total. The maximum Gasteiger partial charge on any atom is 0.240 e. The number of nitrogens with zero attached hydrogens (tertiary/aromatic N) is 1. The molecular weight excluding hydrogens is 376 g/mol. The van der Waals surface area contributed by atoms with Gasteiger partial charge in [-0.1, -0.05) is 25.1 Å². The number of amides is 1. The first-order chi connectivity index (χ1) is 13.2. The molecule has 0 heterocycles. The number of carbonyl (C=O) groups is 1. The van der Waals surface area contributed by atoms with Crippen molar-refractivity contribution < 1.29 is 17.9 Å². The SMILES string of the molecule is CCc1ccc(N(CC(=O)NCCOc2ccc(C)c(C)c2)S(C)(=O)=O)cc1. The molecule has 0 aliphatic rings. The zero-order valence-corrected chi connectivity index (χ0v) is 17.7. The van der Waals surface area contributed by atoms with E-state index in [-0.39, 0.29) is 19.0 Å². The molecule has 0 bridgehead atoms. The Hall–Kier alpha value is -2.54. The Labute approximate surface area is 167 Å². The lowest BCUT2D eigenvalue weighted by Gasteiger charge is -2.22. The van der Waals surface area contributed by atoms with E-state index in [4.69, 9.17) is 4.74 Å². The van der Waals surface area contributed by atoms with Crippen molar-refractivity contribution in [2.45, 2.75) is 27.2 Å². The Balaban J connectivity index is 1.89. The summed E-state index contributed by atoms with van der Waals surface area (Å²) in [6, 6.07) is 13.0. The van der Waals surface area contributed by atoms with Gasteiger partial charge in [-0.25, -0.2) is 8.42 Å². The highest BCUT2D eigenvalue weighted by Crippen LogP contribution is 2.18. The maximum absolute atomic E-state index is 12.2. The lowest BCUT2D eigenvalue weighted by atomic mass is 10.1. The first-order valence-corrected chi connectivity index (χ1v) is 11.1. The van der Waals surface area contributed by atoms with Gasteiger partial charge in [-0.2, -0.15) is 0 Å². The number of carbonyl (C=O) groups excluding carboxylic acids is 1. The second-order valence-corrected chi connectivity index (χ2v) is 8.64. The van der Waals surface area contributed by atoms with Crippen LogP contribution in [0.25, 0.3) is 0 Å². The fourth-order valence-electron chi connectivity index (χ4n) is 2.65. The Kier molecular flexibility index (Phi) is 7.45. The lowest BCUT2D eigenvalue weighted by Crippen LogP contribution is -2.41. The van der Waals surface area contributed by atoms with Crippen LogP contribution in [0.3, 0.4) is 0 Å². The standard InChI is InChI=1S/C21H28N2O4S/c1-5-18-7-9-19(10-8-18)23(28(4,25)26)15-21(24)22-12-13-27-20-11-6-16(2)17(3)14-20/h6-11,14H,5,12-13,15H2,1-4H3,(H,22,24). The molecule has 0 aliphatic carbocycles. The lowest BCUT2D eigenvalue weighted by molar-refractivity contribution is -0.119. The van der Waals surface area contributed by atoms with Crippen molar-refractivity contribution in [1.82, 2.24) is 5.32 Å². The smallest absolute Gasteiger partial charge is 0.240 e. The van der Waals surface area contributed by atoms with Gasteiger partial charge in [0.2, 0.25) is 15.9 Å². The van der Waals surface area contributed by atoms with Crippen molar-refractivity contribution in [3.63, 3.8) is 0 Å². The predicted molar refractivity (Wildman–Crippen MR) is 112 cm³/mol. The summed E-state index contributed by atoms with van der Waals surface area (Å²) in [7, 11) is -3.57. The fraction of sp³-hybridized carbons (Fsp3) is 0.381. The van der Waals surface area contributed by atoms with Gasteiger partial charge in [-0.15, -0.1) is 0 Å². The van der Waals surface area contributed by atoms with E-state index < -0.39 is 10.0 Å². The van der Waals surface area contributed by atoms with Crippen LogP contribution >= 0.6 is 0 Å². The van der Waals surface area contributed by atoms with E-state index in [0.29, 0.717) is 12.3 Å². The van der Waals surface area contributed by atoms with Crippen molar-refractivity contribution in [3.05, 3.63) is 59.2 Å². The molecule has 28 heavy (non-hydrogen) atoms. The average Bonchev–Trinajstić information content (AvgIpc) is 2.65. The average molecular weight is 405 g/mol. The molecule has 2 rings (SSSR count). The molecule has 1 amide bonds. The summed E-state index contributed by atoms with van der Waals surface area (Å²) >= 11 is 0. The highest BCUT2D eigenvalue weighted by atomic mass is 32.2. The summed E-state index contributed by atoms with van der Waals surface area (Å²) in [5.41, 5.74) is 3.90. The fourth-order valence-corrected chi connectivity index (χ4v) is 3.50. The maximum atomic E-state index is 12.2. The van der Waals surface area contributed by atoms with E-state index in [0.717, 1.165) is 33.9 Å². The molecule has 6 nitrogen and oxygen atoms in total. The van der Waals surface area contributed by atoms with E-state index in [1.54, 1.807) is 12.1 Å². The largest absolute Gasteiger partial charge is 0.492 e. The number of nitrogens with one attached hydrogen (secondary N) is 1.